The van der Waals surface area contributed by atoms with Crippen molar-refractivity contribution in [2.24, 2.45) is 0 Å². The maximum absolute atomic E-state index is 14.0. The van der Waals surface area contributed by atoms with Crippen LogP contribution in [-0.2, 0) is 4.79 Å². The van der Waals surface area contributed by atoms with E-state index in [1.807, 2.05) is 91.9 Å². The van der Waals surface area contributed by atoms with Gasteiger partial charge in [0.1, 0.15) is 0 Å². The van der Waals surface area contributed by atoms with Gasteiger partial charge < -0.3 is 0 Å². The number of aromatic nitrogens is 1. The van der Waals surface area contributed by atoms with Crippen molar-refractivity contribution in [1.29, 1.82) is 0 Å². The Bertz CT molecular complexity index is 1360. The van der Waals surface area contributed by atoms with E-state index in [0.717, 1.165) is 22.6 Å². The Hall–Kier alpha value is -3.63. The molecule has 1 atom stereocenters. The average Bonchev–Trinajstić information content (AvgIpc) is 2.80. The van der Waals surface area contributed by atoms with Crippen LogP contribution in [0.1, 0.15) is 29.2 Å². The van der Waals surface area contributed by atoms with Crippen LogP contribution in [0.3, 0.4) is 0 Å². The Labute approximate surface area is 191 Å². The van der Waals surface area contributed by atoms with Gasteiger partial charge in [0, 0.05) is 34.4 Å². The second-order valence-electron chi connectivity index (χ2n) is 7.90. The van der Waals surface area contributed by atoms with E-state index in [9.17, 15) is 9.59 Å². The molecule has 0 fully saturated rings. The van der Waals surface area contributed by atoms with E-state index in [1.54, 1.807) is 15.5 Å². The number of carbonyl (C=O) groups is 1. The topological polar surface area (TPSA) is 42.3 Å². The molecule has 0 aliphatic carbocycles. The van der Waals surface area contributed by atoms with Crippen molar-refractivity contribution in [3.63, 3.8) is 0 Å². The van der Waals surface area contributed by atoms with Crippen LogP contribution in [0.25, 0.3) is 5.69 Å². The van der Waals surface area contributed by atoms with Crippen molar-refractivity contribution in [3.05, 3.63) is 123 Å². The van der Waals surface area contributed by atoms with Crippen molar-refractivity contribution in [1.82, 2.24) is 4.57 Å². The first-order valence-corrected chi connectivity index (χ1v) is 10.9. The van der Waals surface area contributed by atoms with Crippen molar-refractivity contribution < 1.29 is 4.79 Å². The van der Waals surface area contributed by atoms with Gasteiger partial charge in [-0.1, -0.05) is 66.2 Å². The Morgan fingerprint density at radius 2 is 1.41 bits per heavy atom. The quantitative estimate of drug-likeness (QED) is 0.392. The lowest BCUT2D eigenvalue weighted by Crippen LogP contribution is -2.39. The first kappa shape index (κ1) is 20.3. The minimum atomic E-state index is -0.422. The molecule has 0 N–H and O–H groups in total. The number of rotatable bonds is 3. The number of fused-ring (bicyclic) bond motifs is 1. The third-order valence-electron chi connectivity index (χ3n) is 5.93. The number of hydrogen-bond donors (Lipinski definition) is 0. The molecule has 4 aromatic rings. The molecule has 1 aliphatic heterocycles. The van der Waals surface area contributed by atoms with Crippen molar-refractivity contribution in [2.75, 3.05) is 4.90 Å². The van der Waals surface area contributed by atoms with Crippen molar-refractivity contribution in [3.8, 4) is 5.69 Å². The van der Waals surface area contributed by atoms with Crippen LogP contribution in [0.2, 0.25) is 5.02 Å². The summed E-state index contributed by atoms with van der Waals surface area (Å²) in [5, 5.41) is 0.552. The van der Waals surface area contributed by atoms with Crippen molar-refractivity contribution in [2.45, 2.75) is 19.3 Å². The molecule has 0 saturated carbocycles. The SMILES string of the molecule is Cc1cc2c(c(=O)n1-c1ccccc1)C(c1ccccc1Cl)CC(=O)N2c1ccccc1. The van der Waals surface area contributed by atoms with Crippen LogP contribution < -0.4 is 10.5 Å². The maximum atomic E-state index is 14.0. The molecule has 1 aromatic heterocycles. The summed E-state index contributed by atoms with van der Waals surface area (Å²) in [7, 11) is 0. The van der Waals surface area contributed by atoms with Gasteiger partial charge in [0.15, 0.2) is 0 Å². The third kappa shape index (κ3) is 3.33. The molecular formula is C27H21ClN2O2. The second kappa shape index (κ2) is 8.13. The maximum Gasteiger partial charge on any atom is 0.261 e. The fourth-order valence-electron chi connectivity index (χ4n) is 4.53. The fourth-order valence-corrected chi connectivity index (χ4v) is 4.79. The molecule has 4 nitrogen and oxygen atoms in total. The fraction of sp³-hybridized carbons (Fsp3) is 0.111. The molecule has 0 saturated heterocycles. The first-order chi connectivity index (χ1) is 15.6. The largest absolute Gasteiger partial charge is 0.281 e. The number of para-hydroxylation sites is 2. The smallest absolute Gasteiger partial charge is 0.261 e. The van der Waals surface area contributed by atoms with Gasteiger partial charge in [-0.3, -0.25) is 19.1 Å². The zero-order valence-corrected chi connectivity index (χ0v) is 18.3. The monoisotopic (exact) mass is 440 g/mol. The number of halogens is 1. The molecule has 1 amide bonds. The number of carbonyl (C=O) groups excluding carboxylic acids is 1. The summed E-state index contributed by atoms with van der Waals surface area (Å²) in [6.07, 6.45) is 0.165. The number of anilines is 2. The zero-order valence-electron chi connectivity index (χ0n) is 17.5. The number of nitrogens with zero attached hydrogens (tertiary/aromatic N) is 2. The van der Waals surface area contributed by atoms with Gasteiger partial charge in [0.25, 0.3) is 5.56 Å². The van der Waals surface area contributed by atoms with E-state index < -0.39 is 5.92 Å². The van der Waals surface area contributed by atoms with E-state index >= 15 is 0 Å². The molecule has 2 heterocycles. The number of amides is 1. The molecule has 0 radical (unpaired) electrons. The van der Waals surface area contributed by atoms with Crippen LogP contribution in [0, 0.1) is 6.92 Å². The highest BCUT2D eigenvalue weighted by molar-refractivity contribution is 6.31. The molecule has 0 spiro atoms. The highest BCUT2D eigenvalue weighted by Crippen LogP contribution is 2.43. The van der Waals surface area contributed by atoms with Crippen LogP contribution in [0.5, 0.6) is 0 Å². The summed E-state index contributed by atoms with van der Waals surface area (Å²) < 4.78 is 1.71. The van der Waals surface area contributed by atoms with Gasteiger partial charge in [0.05, 0.1) is 11.3 Å². The summed E-state index contributed by atoms with van der Waals surface area (Å²) in [5.41, 5.74) is 4.14. The predicted molar refractivity (Wildman–Crippen MR) is 128 cm³/mol. The number of aryl methyl sites for hydroxylation is 1. The van der Waals surface area contributed by atoms with Gasteiger partial charge in [-0.05, 0) is 48.9 Å². The van der Waals surface area contributed by atoms with Gasteiger partial charge in [-0.2, -0.15) is 0 Å². The van der Waals surface area contributed by atoms with Crippen molar-refractivity contribution >= 4 is 28.9 Å². The molecule has 5 rings (SSSR count). The molecular weight excluding hydrogens is 420 g/mol. The predicted octanol–water partition coefficient (Wildman–Crippen LogP) is 6.00. The molecule has 3 aromatic carbocycles. The van der Waals surface area contributed by atoms with Gasteiger partial charge >= 0.3 is 0 Å². The van der Waals surface area contributed by atoms with E-state index in [2.05, 4.69) is 0 Å². The summed E-state index contributed by atoms with van der Waals surface area (Å²) in [4.78, 5) is 29.1. The summed E-state index contributed by atoms with van der Waals surface area (Å²) in [6.45, 7) is 1.89. The number of pyridine rings is 1. The zero-order chi connectivity index (χ0) is 22.2. The van der Waals surface area contributed by atoms with Crippen LogP contribution >= 0.6 is 11.6 Å². The van der Waals surface area contributed by atoms with Gasteiger partial charge in [-0.25, -0.2) is 0 Å². The molecule has 5 heteroatoms. The Morgan fingerprint density at radius 3 is 2.06 bits per heavy atom. The van der Waals surface area contributed by atoms with E-state index in [1.165, 1.54) is 0 Å². The third-order valence-corrected chi connectivity index (χ3v) is 6.28. The summed E-state index contributed by atoms with van der Waals surface area (Å²) in [6, 6.07) is 28.4. The Morgan fingerprint density at radius 1 is 0.812 bits per heavy atom. The summed E-state index contributed by atoms with van der Waals surface area (Å²) in [5.74, 6) is -0.487. The van der Waals surface area contributed by atoms with E-state index in [4.69, 9.17) is 11.6 Å². The Kier molecular flexibility index (Phi) is 5.16. The highest BCUT2D eigenvalue weighted by atomic mass is 35.5. The highest BCUT2D eigenvalue weighted by Gasteiger charge is 2.37. The standard InChI is InChI=1S/C27H21ClN2O2/c1-18-16-24-26(27(32)29(18)19-10-4-2-5-11-19)22(21-14-8-9-15-23(21)28)17-25(31)30(24)20-12-6-3-7-13-20/h2-16,22H,17H2,1H3. The lowest BCUT2D eigenvalue weighted by Gasteiger charge is -2.35. The molecule has 0 bridgehead atoms. The van der Waals surface area contributed by atoms with Crippen LogP contribution in [0.15, 0.2) is 95.8 Å². The average molecular weight is 441 g/mol. The second-order valence-corrected chi connectivity index (χ2v) is 8.31. The Balaban J connectivity index is 1.82. The first-order valence-electron chi connectivity index (χ1n) is 10.5. The molecule has 1 aliphatic rings. The van der Waals surface area contributed by atoms with Gasteiger partial charge in [0.2, 0.25) is 5.91 Å². The lowest BCUT2D eigenvalue weighted by molar-refractivity contribution is -0.118. The molecule has 1 unspecified atom stereocenters. The van der Waals surface area contributed by atoms with E-state index in [0.29, 0.717) is 16.3 Å². The van der Waals surface area contributed by atoms with Crippen LogP contribution in [0.4, 0.5) is 11.4 Å². The normalized spacial score (nSPS) is 15.5. The lowest BCUT2D eigenvalue weighted by atomic mass is 9.84. The van der Waals surface area contributed by atoms with E-state index in [-0.39, 0.29) is 17.9 Å². The molecule has 158 valence electrons. The minimum Gasteiger partial charge on any atom is -0.281 e. The molecule has 32 heavy (non-hydrogen) atoms. The number of benzene rings is 3. The minimum absolute atomic E-state index is 0.0649. The summed E-state index contributed by atoms with van der Waals surface area (Å²) >= 11 is 6.53. The van der Waals surface area contributed by atoms with Gasteiger partial charge in [-0.15, -0.1) is 0 Å². The number of hydrogen-bond acceptors (Lipinski definition) is 2. The van der Waals surface area contributed by atoms with Crippen LogP contribution in [-0.4, -0.2) is 10.5 Å².